The number of hydrogen-bond donors (Lipinski definition) is 1. The highest BCUT2D eigenvalue weighted by molar-refractivity contribution is 5.19. The molecule has 0 unspecified atom stereocenters. The maximum absolute atomic E-state index is 3.99. The lowest BCUT2D eigenvalue weighted by Crippen LogP contribution is -2.05. The predicted octanol–water partition coefficient (Wildman–Crippen LogP) is -0.177. The van der Waals surface area contributed by atoms with Crippen LogP contribution in [0.4, 0.5) is 0 Å². The van der Waals surface area contributed by atoms with Gasteiger partial charge in [0.25, 0.3) is 0 Å². The highest BCUT2D eigenvalue weighted by Crippen LogP contribution is 2.11. The molecule has 0 aromatic carbocycles. The van der Waals surface area contributed by atoms with Gasteiger partial charge in [-0.1, -0.05) is 0 Å². The largest absolute Gasteiger partial charge is 0.307 e. The summed E-state index contributed by atoms with van der Waals surface area (Å²) < 4.78 is 1.87. The standard InChI is InChI=1S/C6H8N3/c1-9-6-4-7-2-5(6)3-8-9/h7H,2,4H2,1H3. The van der Waals surface area contributed by atoms with Crippen LogP contribution in [0, 0.1) is 6.20 Å². The molecule has 0 saturated heterocycles. The summed E-state index contributed by atoms with van der Waals surface area (Å²) in [4.78, 5) is 0. The van der Waals surface area contributed by atoms with Gasteiger partial charge >= 0.3 is 0 Å². The molecule has 0 amide bonds. The molecule has 1 aliphatic heterocycles. The quantitative estimate of drug-likeness (QED) is 0.517. The van der Waals surface area contributed by atoms with Crippen molar-refractivity contribution >= 4 is 0 Å². The van der Waals surface area contributed by atoms with Crippen LogP contribution < -0.4 is 5.32 Å². The van der Waals surface area contributed by atoms with E-state index in [-0.39, 0.29) is 0 Å². The Balaban J connectivity index is 2.56. The van der Waals surface area contributed by atoms with Crippen LogP contribution in [0.15, 0.2) is 0 Å². The molecule has 1 aromatic heterocycles. The van der Waals surface area contributed by atoms with Crippen molar-refractivity contribution in [3.05, 3.63) is 17.5 Å². The van der Waals surface area contributed by atoms with Crippen LogP contribution in [-0.4, -0.2) is 9.78 Å². The molecule has 3 nitrogen and oxygen atoms in total. The number of nitrogens with one attached hydrogen (secondary N) is 1. The molecule has 2 heterocycles. The van der Waals surface area contributed by atoms with E-state index >= 15 is 0 Å². The fourth-order valence-corrected chi connectivity index (χ4v) is 1.12. The van der Waals surface area contributed by atoms with Gasteiger partial charge in [-0.2, -0.15) is 5.10 Å². The lowest BCUT2D eigenvalue weighted by Gasteiger charge is -1.92. The van der Waals surface area contributed by atoms with E-state index in [1.54, 1.807) is 0 Å². The molecular formula is C6H8N3. The first kappa shape index (κ1) is 4.99. The first-order valence-electron chi connectivity index (χ1n) is 3.01. The van der Waals surface area contributed by atoms with Crippen LogP contribution in [0.5, 0.6) is 0 Å². The first-order valence-corrected chi connectivity index (χ1v) is 3.01. The molecule has 3 heteroatoms. The molecule has 1 radical (unpaired) electrons. The van der Waals surface area contributed by atoms with Crippen LogP contribution in [0.3, 0.4) is 0 Å². The Bertz CT molecular complexity index is 226. The molecule has 0 bridgehead atoms. The second-order valence-corrected chi connectivity index (χ2v) is 2.26. The highest BCUT2D eigenvalue weighted by atomic mass is 15.3. The van der Waals surface area contributed by atoms with Crippen LogP contribution >= 0.6 is 0 Å². The van der Waals surface area contributed by atoms with Crippen LogP contribution in [0.25, 0.3) is 0 Å². The minimum atomic E-state index is 0.934. The Kier molecular flexibility index (Phi) is 0.873. The van der Waals surface area contributed by atoms with Gasteiger partial charge in [-0.05, 0) is 0 Å². The summed E-state index contributed by atoms with van der Waals surface area (Å²) in [6.45, 7) is 1.88. The minimum absolute atomic E-state index is 0.934. The second-order valence-electron chi connectivity index (χ2n) is 2.26. The maximum atomic E-state index is 3.99. The molecule has 1 aliphatic rings. The summed E-state index contributed by atoms with van der Waals surface area (Å²) in [5.41, 5.74) is 2.49. The molecule has 0 aliphatic carbocycles. The summed E-state index contributed by atoms with van der Waals surface area (Å²) in [6.07, 6.45) is 2.94. The number of hydrogen-bond acceptors (Lipinski definition) is 2. The molecule has 9 heavy (non-hydrogen) atoms. The van der Waals surface area contributed by atoms with Crippen LogP contribution in [-0.2, 0) is 20.1 Å². The average molecular weight is 122 g/mol. The molecule has 2 rings (SSSR count). The van der Waals surface area contributed by atoms with Crippen molar-refractivity contribution < 1.29 is 0 Å². The molecule has 0 saturated carbocycles. The van der Waals surface area contributed by atoms with Gasteiger partial charge < -0.3 is 5.32 Å². The van der Waals surface area contributed by atoms with Crippen molar-refractivity contribution in [3.8, 4) is 0 Å². The zero-order chi connectivity index (χ0) is 6.27. The summed E-state index contributed by atoms with van der Waals surface area (Å²) in [7, 11) is 1.95. The van der Waals surface area contributed by atoms with Crippen molar-refractivity contribution in [1.82, 2.24) is 15.1 Å². The average Bonchev–Trinajstić information content (AvgIpc) is 2.35. The monoisotopic (exact) mass is 122 g/mol. The van der Waals surface area contributed by atoms with E-state index in [9.17, 15) is 0 Å². The van der Waals surface area contributed by atoms with Crippen molar-refractivity contribution in [3.63, 3.8) is 0 Å². The van der Waals surface area contributed by atoms with Gasteiger partial charge in [0, 0.05) is 25.7 Å². The Morgan fingerprint density at radius 3 is 3.33 bits per heavy atom. The molecule has 0 fully saturated rings. The van der Waals surface area contributed by atoms with Gasteiger partial charge in [-0.25, -0.2) is 0 Å². The van der Waals surface area contributed by atoms with E-state index in [0.717, 1.165) is 13.1 Å². The molecule has 0 atom stereocenters. The van der Waals surface area contributed by atoms with Gasteiger partial charge in [0.15, 0.2) is 0 Å². The number of rotatable bonds is 0. The molecule has 1 N–H and O–H groups in total. The van der Waals surface area contributed by atoms with Gasteiger partial charge in [0.1, 0.15) is 6.20 Å². The van der Waals surface area contributed by atoms with Gasteiger partial charge in [0.2, 0.25) is 0 Å². The van der Waals surface area contributed by atoms with Gasteiger partial charge in [-0.3, -0.25) is 4.68 Å². The molecule has 0 spiro atoms. The SMILES string of the molecule is Cn1n[c]c2c1CNC2. The van der Waals surface area contributed by atoms with E-state index in [4.69, 9.17) is 0 Å². The Morgan fingerprint density at radius 1 is 1.67 bits per heavy atom. The van der Waals surface area contributed by atoms with E-state index in [1.807, 2.05) is 11.7 Å². The van der Waals surface area contributed by atoms with Crippen LogP contribution in [0.1, 0.15) is 11.3 Å². The number of fused-ring (bicyclic) bond motifs is 1. The summed E-state index contributed by atoms with van der Waals surface area (Å²) in [5, 5.41) is 7.21. The lowest BCUT2D eigenvalue weighted by molar-refractivity contribution is 0.667. The van der Waals surface area contributed by atoms with Gasteiger partial charge in [-0.15, -0.1) is 0 Å². The first-order chi connectivity index (χ1) is 4.38. The molecular weight excluding hydrogens is 114 g/mol. The zero-order valence-corrected chi connectivity index (χ0v) is 5.31. The maximum Gasteiger partial charge on any atom is 0.118 e. The van der Waals surface area contributed by atoms with Crippen molar-refractivity contribution in [1.29, 1.82) is 0 Å². The molecule has 1 aromatic rings. The second kappa shape index (κ2) is 1.57. The van der Waals surface area contributed by atoms with E-state index < -0.39 is 0 Å². The normalized spacial score (nSPS) is 16.1. The third-order valence-corrected chi connectivity index (χ3v) is 1.67. The summed E-state index contributed by atoms with van der Waals surface area (Å²) >= 11 is 0. The van der Waals surface area contributed by atoms with Crippen molar-refractivity contribution in [2.75, 3.05) is 0 Å². The van der Waals surface area contributed by atoms with Crippen molar-refractivity contribution in [2.24, 2.45) is 7.05 Å². The fraction of sp³-hybridized carbons (Fsp3) is 0.500. The third kappa shape index (κ3) is 0.580. The van der Waals surface area contributed by atoms with E-state index in [2.05, 4.69) is 16.6 Å². The van der Waals surface area contributed by atoms with Gasteiger partial charge in [0.05, 0.1) is 5.69 Å². The third-order valence-electron chi connectivity index (χ3n) is 1.67. The Morgan fingerprint density at radius 2 is 2.56 bits per heavy atom. The number of aromatic nitrogens is 2. The minimum Gasteiger partial charge on any atom is -0.307 e. The smallest absolute Gasteiger partial charge is 0.118 e. The number of aryl methyl sites for hydroxylation is 1. The predicted molar refractivity (Wildman–Crippen MR) is 32.6 cm³/mol. The topological polar surface area (TPSA) is 29.9 Å². The zero-order valence-electron chi connectivity index (χ0n) is 5.31. The summed E-state index contributed by atoms with van der Waals surface area (Å²) in [6, 6.07) is 0. The highest BCUT2D eigenvalue weighted by Gasteiger charge is 2.13. The Hall–Kier alpha value is -0.830. The van der Waals surface area contributed by atoms with Crippen molar-refractivity contribution in [2.45, 2.75) is 13.1 Å². The fourth-order valence-electron chi connectivity index (χ4n) is 1.12. The Labute approximate surface area is 53.7 Å². The lowest BCUT2D eigenvalue weighted by atomic mass is 10.3. The molecule has 47 valence electrons. The van der Waals surface area contributed by atoms with E-state index in [1.165, 1.54) is 11.3 Å². The summed E-state index contributed by atoms with van der Waals surface area (Å²) in [5.74, 6) is 0. The van der Waals surface area contributed by atoms with Crippen LogP contribution in [0.2, 0.25) is 0 Å². The number of nitrogens with zero attached hydrogens (tertiary/aromatic N) is 2. The van der Waals surface area contributed by atoms with E-state index in [0.29, 0.717) is 0 Å².